The third kappa shape index (κ3) is 3.72. The molecule has 0 N–H and O–H groups in total. The number of pyridine rings is 1. The first kappa shape index (κ1) is 15.3. The Morgan fingerprint density at radius 2 is 2.15 bits per heavy atom. The molecule has 0 atom stereocenters. The lowest BCUT2D eigenvalue weighted by Gasteiger charge is -2.34. The van der Waals surface area contributed by atoms with Crippen molar-refractivity contribution in [2.24, 2.45) is 5.41 Å². The average Bonchev–Trinajstić information content (AvgIpc) is 2.44. The fourth-order valence-corrected chi connectivity index (χ4v) is 2.69. The summed E-state index contributed by atoms with van der Waals surface area (Å²) in [6.07, 6.45) is 5.16. The van der Waals surface area contributed by atoms with Crippen molar-refractivity contribution in [3.63, 3.8) is 0 Å². The molecule has 0 radical (unpaired) electrons. The van der Waals surface area contributed by atoms with Gasteiger partial charge in [-0.2, -0.15) is 0 Å². The Balaban J connectivity index is 1.88. The number of ether oxygens (including phenoxy) is 2. The maximum Gasteiger partial charge on any atom is 0.311 e. The summed E-state index contributed by atoms with van der Waals surface area (Å²) in [5.74, 6) is 0.554. The van der Waals surface area contributed by atoms with E-state index in [0.29, 0.717) is 12.5 Å². The highest BCUT2D eigenvalue weighted by Crippen LogP contribution is 2.38. The van der Waals surface area contributed by atoms with Crippen LogP contribution in [0.1, 0.15) is 39.5 Å². The molecule has 0 amide bonds. The lowest BCUT2D eigenvalue weighted by molar-refractivity contribution is -0.157. The number of nitrogens with zero attached hydrogens (tertiary/aromatic N) is 1. The Bertz CT molecular complexity index is 453. The number of esters is 1. The highest BCUT2D eigenvalue weighted by atomic mass is 79.9. The molecule has 1 heterocycles. The summed E-state index contributed by atoms with van der Waals surface area (Å²) >= 11 is 3.35. The van der Waals surface area contributed by atoms with Crippen molar-refractivity contribution >= 4 is 21.9 Å². The van der Waals surface area contributed by atoms with E-state index in [1.807, 2.05) is 26.0 Å². The second-order valence-corrected chi connectivity index (χ2v) is 6.33. The number of halogens is 1. The molecule has 0 unspecified atom stereocenters. The van der Waals surface area contributed by atoms with E-state index in [1.165, 1.54) is 0 Å². The Hall–Kier alpha value is -1.10. The van der Waals surface area contributed by atoms with Gasteiger partial charge in [-0.15, -0.1) is 0 Å². The first-order valence-electron chi connectivity index (χ1n) is 6.99. The second-order valence-electron chi connectivity index (χ2n) is 5.41. The van der Waals surface area contributed by atoms with Crippen molar-refractivity contribution in [1.82, 2.24) is 4.98 Å². The third-order valence-corrected chi connectivity index (χ3v) is 4.26. The molecule has 0 saturated heterocycles. The molecule has 1 fully saturated rings. The van der Waals surface area contributed by atoms with Crippen LogP contribution in [0.3, 0.4) is 0 Å². The summed E-state index contributed by atoms with van der Waals surface area (Å²) in [6.45, 7) is 4.27. The molecule has 1 aromatic rings. The van der Waals surface area contributed by atoms with E-state index in [-0.39, 0.29) is 17.5 Å². The van der Waals surface area contributed by atoms with Crippen molar-refractivity contribution < 1.29 is 14.3 Å². The standard InChI is InChI=1S/C15H20BrNO3/c1-3-19-14(18)15(2)8-6-12(7-9-15)20-13-5-4-11(16)10-17-13/h4-5,10,12H,3,6-9H2,1-2H3/t12-,15-. The highest BCUT2D eigenvalue weighted by molar-refractivity contribution is 9.10. The zero-order valence-corrected chi connectivity index (χ0v) is 13.5. The van der Waals surface area contributed by atoms with Crippen LogP contribution in [0, 0.1) is 5.41 Å². The zero-order chi connectivity index (χ0) is 14.6. The summed E-state index contributed by atoms with van der Waals surface area (Å²) in [7, 11) is 0. The average molecular weight is 342 g/mol. The molecule has 0 aliphatic heterocycles. The molecule has 1 aromatic heterocycles. The van der Waals surface area contributed by atoms with Crippen LogP contribution >= 0.6 is 15.9 Å². The first-order valence-corrected chi connectivity index (χ1v) is 7.78. The molecule has 0 spiro atoms. The Kier molecular flexibility index (Phi) is 5.02. The van der Waals surface area contributed by atoms with Gasteiger partial charge in [0.15, 0.2) is 0 Å². The molecule has 1 saturated carbocycles. The van der Waals surface area contributed by atoms with Crippen LogP contribution in [-0.2, 0) is 9.53 Å². The van der Waals surface area contributed by atoms with E-state index in [0.717, 1.165) is 30.2 Å². The third-order valence-electron chi connectivity index (χ3n) is 3.79. The van der Waals surface area contributed by atoms with Gasteiger partial charge >= 0.3 is 5.97 Å². The maximum absolute atomic E-state index is 11.9. The smallest absolute Gasteiger partial charge is 0.311 e. The van der Waals surface area contributed by atoms with E-state index in [9.17, 15) is 4.79 Å². The van der Waals surface area contributed by atoms with Gasteiger partial charge in [0, 0.05) is 16.7 Å². The minimum absolute atomic E-state index is 0.0831. The topological polar surface area (TPSA) is 48.4 Å². The summed E-state index contributed by atoms with van der Waals surface area (Å²) in [4.78, 5) is 16.2. The molecule has 20 heavy (non-hydrogen) atoms. The summed E-state index contributed by atoms with van der Waals surface area (Å²) in [5, 5.41) is 0. The molecule has 1 aliphatic carbocycles. The molecule has 5 heteroatoms. The summed E-state index contributed by atoms with van der Waals surface area (Å²) in [6, 6.07) is 3.76. The molecule has 4 nitrogen and oxygen atoms in total. The second kappa shape index (κ2) is 6.57. The first-order chi connectivity index (χ1) is 9.53. The quantitative estimate of drug-likeness (QED) is 0.782. The van der Waals surface area contributed by atoms with Crippen molar-refractivity contribution in [1.29, 1.82) is 0 Å². The van der Waals surface area contributed by atoms with E-state index in [2.05, 4.69) is 20.9 Å². The SMILES string of the molecule is CCOC(=O)[C@]1(C)CC[C@@H](Oc2ccc(Br)cn2)CC1. The lowest BCUT2D eigenvalue weighted by Crippen LogP contribution is -2.37. The number of aromatic nitrogens is 1. The largest absolute Gasteiger partial charge is 0.474 e. The molecular weight excluding hydrogens is 322 g/mol. The number of hydrogen-bond donors (Lipinski definition) is 0. The van der Waals surface area contributed by atoms with Crippen LogP contribution in [0.2, 0.25) is 0 Å². The summed E-state index contributed by atoms with van der Waals surface area (Å²) in [5.41, 5.74) is -0.358. The van der Waals surface area contributed by atoms with Crippen LogP contribution in [0.25, 0.3) is 0 Å². The number of carbonyl (C=O) groups excluding carboxylic acids is 1. The molecule has 2 rings (SSSR count). The van der Waals surface area contributed by atoms with Crippen LogP contribution in [-0.4, -0.2) is 23.7 Å². The van der Waals surface area contributed by atoms with E-state index in [4.69, 9.17) is 9.47 Å². The number of hydrogen-bond acceptors (Lipinski definition) is 4. The molecule has 110 valence electrons. The molecular formula is C15H20BrNO3. The fraction of sp³-hybridized carbons (Fsp3) is 0.600. The van der Waals surface area contributed by atoms with Gasteiger partial charge in [0.25, 0.3) is 0 Å². The van der Waals surface area contributed by atoms with E-state index >= 15 is 0 Å². The Morgan fingerprint density at radius 3 is 2.70 bits per heavy atom. The predicted octanol–water partition coefficient (Wildman–Crippen LogP) is 3.73. The Labute approximate surface area is 128 Å². The van der Waals surface area contributed by atoms with E-state index in [1.54, 1.807) is 6.20 Å². The monoisotopic (exact) mass is 341 g/mol. The van der Waals surface area contributed by atoms with E-state index < -0.39 is 0 Å². The maximum atomic E-state index is 11.9. The van der Waals surface area contributed by atoms with Gasteiger partial charge in [-0.05, 0) is 61.5 Å². The predicted molar refractivity (Wildman–Crippen MR) is 79.6 cm³/mol. The van der Waals surface area contributed by atoms with Gasteiger partial charge < -0.3 is 9.47 Å². The number of carbonyl (C=O) groups is 1. The van der Waals surface area contributed by atoms with Gasteiger partial charge in [-0.3, -0.25) is 4.79 Å². The zero-order valence-electron chi connectivity index (χ0n) is 11.9. The minimum atomic E-state index is -0.358. The lowest BCUT2D eigenvalue weighted by atomic mass is 9.75. The van der Waals surface area contributed by atoms with Gasteiger partial charge in [0.2, 0.25) is 5.88 Å². The normalized spacial score (nSPS) is 26.1. The van der Waals surface area contributed by atoms with Gasteiger partial charge in [-0.1, -0.05) is 0 Å². The van der Waals surface area contributed by atoms with Crippen LogP contribution in [0.15, 0.2) is 22.8 Å². The molecule has 1 aliphatic rings. The van der Waals surface area contributed by atoms with Gasteiger partial charge in [0.05, 0.1) is 12.0 Å². The highest BCUT2D eigenvalue weighted by Gasteiger charge is 2.39. The van der Waals surface area contributed by atoms with Crippen LogP contribution < -0.4 is 4.74 Å². The fourth-order valence-electron chi connectivity index (χ4n) is 2.46. The number of rotatable bonds is 4. The molecule has 0 bridgehead atoms. The summed E-state index contributed by atoms with van der Waals surface area (Å²) < 4.78 is 11.9. The van der Waals surface area contributed by atoms with Crippen LogP contribution in [0.4, 0.5) is 0 Å². The molecule has 0 aromatic carbocycles. The van der Waals surface area contributed by atoms with Crippen molar-refractivity contribution in [3.05, 3.63) is 22.8 Å². The van der Waals surface area contributed by atoms with Crippen molar-refractivity contribution in [3.8, 4) is 5.88 Å². The Morgan fingerprint density at radius 1 is 1.45 bits per heavy atom. The van der Waals surface area contributed by atoms with Gasteiger partial charge in [0.1, 0.15) is 6.10 Å². The van der Waals surface area contributed by atoms with Crippen molar-refractivity contribution in [2.75, 3.05) is 6.61 Å². The van der Waals surface area contributed by atoms with Crippen LogP contribution in [0.5, 0.6) is 5.88 Å². The minimum Gasteiger partial charge on any atom is -0.474 e. The van der Waals surface area contributed by atoms with Gasteiger partial charge in [-0.25, -0.2) is 4.98 Å². The van der Waals surface area contributed by atoms with Crippen molar-refractivity contribution in [2.45, 2.75) is 45.6 Å².